The van der Waals surface area contributed by atoms with Crippen molar-refractivity contribution >= 4 is 11.6 Å². The van der Waals surface area contributed by atoms with Crippen molar-refractivity contribution in [1.82, 2.24) is 0 Å². The normalized spacial score (nSPS) is 9.85. The number of ether oxygens (including phenoxy) is 3. The van der Waals surface area contributed by atoms with E-state index in [9.17, 15) is 4.79 Å². The monoisotopic (exact) mass is 277 g/mol. The van der Waals surface area contributed by atoms with Crippen molar-refractivity contribution in [3.63, 3.8) is 0 Å². The average Bonchev–Trinajstić information content (AvgIpc) is 2.49. The van der Waals surface area contributed by atoms with E-state index in [1.807, 2.05) is 0 Å². The molecule has 0 unspecified atom stereocenters. The number of carbonyl (C=O) groups is 1. The van der Waals surface area contributed by atoms with Crippen LogP contribution >= 0.6 is 0 Å². The number of anilines is 1. The lowest BCUT2D eigenvalue weighted by Gasteiger charge is -2.17. The molecule has 5 nitrogen and oxygen atoms in total. The van der Waals surface area contributed by atoms with Crippen LogP contribution in [0.5, 0.6) is 5.75 Å². The number of likely N-dealkylation sites (N-methyl/N-ethyl adjacent to an activating group) is 1. The highest BCUT2D eigenvalue weighted by Gasteiger charge is 2.10. The van der Waals surface area contributed by atoms with Crippen LogP contribution in [0.1, 0.15) is 0 Å². The van der Waals surface area contributed by atoms with Crippen LogP contribution in [-0.4, -0.2) is 46.5 Å². The molecule has 0 aliphatic rings. The highest BCUT2D eigenvalue weighted by molar-refractivity contribution is 5.93. The molecule has 0 saturated carbocycles. The Labute approximate surface area is 119 Å². The van der Waals surface area contributed by atoms with E-state index < -0.39 is 0 Å². The van der Waals surface area contributed by atoms with Gasteiger partial charge in [0, 0.05) is 19.8 Å². The smallest absolute Gasteiger partial charge is 0.252 e. The van der Waals surface area contributed by atoms with Gasteiger partial charge in [-0.25, -0.2) is 0 Å². The first kappa shape index (κ1) is 16.0. The highest BCUT2D eigenvalue weighted by atomic mass is 16.5. The minimum atomic E-state index is -0.126. The van der Waals surface area contributed by atoms with E-state index in [-0.39, 0.29) is 19.1 Å². The molecule has 1 aromatic carbocycles. The molecule has 108 valence electrons. The first-order valence-electron chi connectivity index (χ1n) is 6.18. The van der Waals surface area contributed by atoms with Crippen LogP contribution in [0.25, 0.3) is 0 Å². The fourth-order valence-corrected chi connectivity index (χ4v) is 1.43. The van der Waals surface area contributed by atoms with Crippen LogP contribution in [-0.2, 0) is 14.3 Å². The van der Waals surface area contributed by atoms with Gasteiger partial charge in [-0.15, -0.1) is 6.42 Å². The van der Waals surface area contributed by atoms with Crippen LogP contribution in [0.4, 0.5) is 5.69 Å². The molecule has 0 aliphatic heterocycles. The number of hydrogen-bond acceptors (Lipinski definition) is 4. The lowest BCUT2D eigenvalue weighted by molar-refractivity contribution is -0.123. The van der Waals surface area contributed by atoms with Crippen molar-refractivity contribution in [2.45, 2.75) is 0 Å². The molecule has 0 aromatic heterocycles. The summed E-state index contributed by atoms with van der Waals surface area (Å²) in [5.74, 6) is 2.94. The standard InChI is InChI=1S/C15H19NO4/c1-4-9-20-14-7-5-13(6-8-14)16(2)15(17)12-19-11-10-18-3/h1,5-8H,9-12H2,2-3H3. The maximum atomic E-state index is 11.9. The first-order valence-corrected chi connectivity index (χ1v) is 6.18. The molecule has 1 amide bonds. The number of carbonyl (C=O) groups excluding carboxylic acids is 1. The largest absolute Gasteiger partial charge is 0.481 e. The summed E-state index contributed by atoms with van der Waals surface area (Å²) in [4.78, 5) is 13.4. The molecule has 0 fully saturated rings. The third-order valence-electron chi connectivity index (χ3n) is 2.58. The van der Waals surface area contributed by atoms with E-state index in [0.29, 0.717) is 19.0 Å². The number of hydrogen-bond donors (Lipinski definition) is 0. The Morgan fingerprint density at radius 3 is 2.60 bits per heavy atom. The average molecular weight is 277 g/mol. The van der Waals surface area contributed by atoms with Gasteiger partial charge in [-0.2, -0.15) is 0 Å². The van der Waals surface area contributed by atoms with Gasteiger partial charge >= 0.3 is 0 Å². The number of terminal acetylenes is 1. The topological polar surface area (TPSA) is 48.0 Å². The Kier molecular flexibility index (Phi) is 7.18. The van der Waals surface area contributed by atoms with E-state index >= 15 is 0 Å². The summed E-state index contributed by atoms with van der Waals surface area (Å²) in [6.07, 6.45) is 5.11. The third kappa shape index (κ3) is 5.31. The van der Waals surface area contributed by atoms with Gasteiger partial charge in [0.15, 0.2) is 0 Å². The highest BCUT2D eigenvalue weighted by Crippen LogP contribution is 2.18. The lowest BCUT2D eigenvalue weighted by Crippen LogP contribution is -2.30. The molecule has 1 rings (SSSR count). The zero-order valence-corrected chi connectivity index (χ0v) is 11.8. The predicted molar refractivity (Wildman–Crippen MR) is 76.9 cm³/mol. The van der Waals surface area contributed by atoms with Gasteiger partial charge in [0.2, 0.25) is 0 Å². The van der Waals surface area contributed by atoms with Crippen LogP contribution in [0.15, 0.2) is 24.3 Å². The van der Waals surface area contributed by atoms with E-state index in [0.717, 1.165) is 5.69 Å². The summed E-state index contributed by atoms with van der Waals surface area (Å²) in [6, 6.07) is 7.11. The molecule has 0 heterocycles. The molecule has 0 radical (unpaired) electrons. The second-order valence-electron chi connectivity index (χ2n) is 3.98. The molecular weight excluding hydrogens is 258 g/mol. The van der Waals surface area contributed by atoms with Gasteiger partial charge in [-0.3, -0.25) is 4.79 Å². The second-order valence-corrected chi connectivity index (χ2v) is 3.98. The fourth-order valence-electron chi connectivity index (χ4n) is 1.43. The maximum absolute atomic E-state index is 11.9. The van der Waals surface area contributed by atoms with Crippen molar-refractivity contribution in [3.05, 3.63) is 24.3 Å². The van der Waals surface area contributed by atoms with E-state index in [2.05, 4.69) is 5.92 Å². The summed E-state index contributed by atoms with van der Waals surface area (Å²) in [6.45, 7) is 1.11. The number of methoxy groups -OCH3 is 1. The summed E-state index contributed by atoms with van der Waals surface area (Å²) in [7, 11) is 3.28. The van der Waals surface area contributed by atoms with Crippen molar-refractivity contribution < 1.29 is 19.0 Å². The second kappa shape index (κ2) is 8.97. The number of benzene rings is 1. The third-order valence-corrected chi connectivity index (χ3v) is 2.58. The zero-order valence-electron chi connectivity index (χ0n) is 11.8. The van der Waals surface area contributed by atoms with Crippen LogP contribution in [0.2, 0.25) is 0 Å². The maximum Gasteiger partial charge on any atom is 0.252 e. The molecular formula is C15H19NO4. The quantitative estimate of drug-likeness (QED) is 0.531. The van der Waals surface area contributed by atoms with Gasteiger partial charge in [0.1, 0.15) is 19.0 Å². The van der Waals surface area contributed by atoms with Crippen LogP contribution in [0, 0.1) is 12.3 Å². The molecule has 0 aliphatic carbocycles. The number of amides is 1. The minimum Gasteiger partial charge on any atom is -0.481 e. The van der Waals surface area contributed by atoms with E-state index in [4.69, 9.17) is 20.6 Å². The van der Waals surface area contributed by atoms with Gasteiger partial charge in [0.05, 0.1) is 13.2 Å². The van der Waals surface area contributed by atoms with Crippen LogP contribution < -0.4 is 9.64 Å². The van der Waals surface area contributed by atoms with Gasteiger partial charge in [-0.05, 0) is 24.3 Å². The Morgan fingerprint density at radius 2 is 2.00 bits per heavy atom. The number of rotatable bonds is 8. The van der Waals surface area contributed by atoms with E-state index in [1.54, 1.807) is 38.4 Å². The molecule has 0 bridgehead atoms. The van der Waals surface area contributed by atoms with Gasteiger partial charge < -0.3 is 19.1 Å². The van der Waals surface area contributed by atoms with Crippen molar-refractivity contribution in [3.8, 4) is 18.1 Å². The summed E-state index contributed by atoms with van der Waals surface area (Å²) in [5, 5.41) is 0. The zero-order chi connectivity index (χ0) is 14.8. The minimum absolute atomic E-state index is 0.0230. The SMILES string of the molecule is C#CCOc1ccc(N(C)C(=O)COCCOC)cc1. The summed E-state index contributed by atoms with van der Waals surface area (Å²) in [5.41, 5.74) is 0.762. The van der Waals surface area contributed by atoms with Crippen LogP contribution in [0.3, 0.4) is 0 Å². The first-order chi connectivity index (χ1) is 9.69. The molecule has 0 spiro atoms. The van der Waals surface area contributed by atoms with Gasteiger partial charge in [-0.1, -0.05) is 5.92 Å². The van der Waals surface area contributed by atoms with Gasteiger partial charge in [0.25, 0.3) is 5.91 Å². The molecule has 1 aromatic rings. The molecule has 0 saturated heterocycles. The Balaban J connectivity index is 2.47. The van der Waals surface area contributed by atoms with E-state index in [1.165, 1.54) is 4.90 Å². The molecule has 20 heavy (non-hydrogen) atoms. The fraction of sp³-hybridized carbons (Fsp3) is 0.400. The van der Waals surface area contributed by atoms with Crippen molar-refractivity contribution in [1.29, 1.82) is 0 Å². The summed E-state index contributed by atoms with van der Waals surface area (Å²) >= 11 is 0. The molecule has 5 heteroatoms. The lowest BCUT2D eigenvalue weighted by atomic mass is 10.3. The van der Waals surface area contributed by atoms with Crippen molar-refractivity contribution in [2.75, 3.05) is 45.5 Å². The Bertz CT molecular complexity index is 450. The van der Waals surface area contributed by atoms with Crippen molar-refractivity contribution in [2.24, 2.45) is 0 Å². The Hall–Kier alpha value is -2.03. The molecule has 0 N–H and O–H groups in total. The number of nitrogens with zero attached hydrogens (tertiary/aromatic N) is 1. The predicted octanol–water partition coefficient (Wildman–Crippen LogP) is 1.32. The summed E-state index contributed by atoms with van der Waals surface area (Å²) < 4.78 is 15.3. The molecule has 0 atom stereocenters. The Morgan fingerprint density at radius 1 is 1.30 bits per heavy atom.